The standard InChI is InChI=1S/C9H13ClN2O2/c1-7(8-3-2-6-14-8)12-9(13)11-5-4-10/h2-3,6-7H,4-5H2,1H3,(H2,11,12,13). The zero-order chi connectivity index (χ0) is 10.4. The first-order valence-electron chi connectivity index (χ1n) is 4.37. The lowest BCUT2D eigenvalue weighted by molar-refractivity contribution is 0.236. The molecule has 0 aliphatic heterocycles. The lowest BCUT2D eigenvalue weighted by Crippen LogP contribution is -2.37. The van der Waals surface area contributed by atoms with Crippen molar-refractivity contribution in [2.75, 3.05) is 12.4 Å². The van der Waals surface area contributed by atoms with Crippen molar-refractivity contribution in [1.29, 1.82) is 0 Å². The second-order valence-electron chi connectivity index (χ2n) is 2.83. The van der Waals surface area contributed by atoms with E-state index in [1.807, 2.05) is 13.0 Å². The van der Waals surface area contributed by atoms with E-state index in [4.69, 9.17) is 16.0 Å². The topological polar surface area (TPSA) is 54.3 Å². The second-order valence-corrected chi connectivity index (χ2v) is 3.20. The molecule has 0 radical (unpaired) electrons. The van der Waals surface area contributed by atoms with Gasteiger partial charge in [0.15, 0.2) is 0 Å². The molecule has 1 aromatic heterocycles. The first kappa shape index (κ1) is 10.9. The Balaban J connectivity index is 2.33. The molecule has 0 spiro atoms. The quantitative estimate of drug-likeness (QED) is 0.756. The van der Waals surface area contributed by atoms with E-state index in [1.54, 1.807) is 12.3 Å². The van der Waals surface area contributed by atoms with Gasteiger partial charge in [-0.15, -0.1) is 11.6 Å². The van der Waals surface area contributed by atoms with Crippen molar-refractivity contribution >= 4 is 17.6 Å². The van der Waals surface area contributed by atoms with Gasteiger partial charge in [-0.1, -0.05) is 0 Å². The van der Waals surface area contributed by atoms with Gasteiger partial charge in [0.1, 0.15) is 5.76 Å². The Hall–Kier alpha value is -1.16. The molecule has 2 amide bonds. The number of hydrogen-bond acceptors (Lipinski definition) is 2. The number of alkyl halides is 1. The fraction of sp³-hybridized carbons (Fsp3) is 0.444. The second kappa shape index (κ2) is 5.54. The minimum absolute atomic E-state index is 0.139. The minimum atomic E-state index is -0.241. The first-order valence-corrected chi connectivity index (χ1v) is 4.91. The molecule has 5 heteroatoms. The molecule has 2 N–H and O–H groups in total. The van der Waals surface area contributed by atoms with E-state index >= 15 is 0 Å². The van der Waals surface area contributed by atoms with Crippen molar-refractivity contribution in [2.24, 2.45) is 0 Å². The molecule has 1 heterocycles. The summed E-state index contributed by atoms with van der Waals surface area (Å²) in [6.45, 7) is 2.30. The average Bonchev–Trinajstić information content (AvgIpc) is 2.67. The summed E-state index contributed by atoms with van der Waals surface area (Å²) in [7, 11) is 0. The van der Waals surface area contributed by atoms with E-state index in [-0.39, 0.29) is 12.1 Å². The van der Waals surface area contributed by atoms with Crippen LogP contribution >= 0.6 is 11.6 Å². The minimum Gasteiger partial charge on any atom is -0.467 e. The van der Waals surface area contributed by atoms with Crippen LogP contribution in [-0.4, -0.2) is 18.5 Å². The van der Waals surface area contributed by atoms with Crippen LogP contribution in [0.1, 0.15) is 18.7 Å². The number of nitrogens with one attached hydrogen (secondary N) is 2. The van der Waals surface area contributed by atoms with Gasteiger partial charge in [-0.2, -0.15) is 0 Å². The number of furan rings is 1. The maximum absolute atomic E-state index is 11.2. The van der Waals surface area contributed by atoms with E-state index in [0.717, 1.165) is 5.76 Å². The molecule has 0 aliphatic carbocycles. The highest BCUT2D eigenvalue weighted by molar-refractivity contribution is 6.18. The lowest BCUT2D eigenvalue weighted by Gasteiger charge is -2.11. The van der Waals surface area contributed by atoms with Crippen LogP contribution in [-0.2, 0) is 0 Å². The lowest BCUT2D eigenvalue weighted by atomic mass is 10.2. The summed E-state index contributed by atoms with van der Waals surface area (Å²) < 4.78 is 5.13. The van der Waals surface area contributed by atoms with Gasteiger partial charge in [0, 0.05) is 12.4 Å². The largest absolute Gasteiger partial charge is 0.467 e. The van der Waals surface area contributed by atoms with E-state index in [2.05, 4.69) is 10.6 Å². The zero-order valence-corrected chi connectivity index (χ0v) is 8.67. The SMILES string of the molecule is CC(NC(=O)NCCCl)c1ccco1. The van der Waals surface area contributed by atoms with E-state index in [0.29, 0.717) is 12.4 Å². The molecule has 0 aliphatic rings. The summed E-state index contributed by atoms with van der Waals surface area (Å²) in [5, 5.41) is 5.32. The highest BCUT2D eigenvalue weighted by Crippen LogP contribution is 2.11. The summed E-state index contributed by atoms with van der Waals surface area (Å²) in [6, 6.07) is 3.21. The van der Waals surface area contributed by atoms with Crippen LogP contribution in [0.3, 0.4) is 0 Å². The van der Waals surface area contributed by atoms with Crippen LogP contribution in [0.2, 0.25) is 0 Å². The van der Waals surface area contributed by atoms with Gasteiger partial charge < -0.3 is 15.1 Å². The van der Waals surface area contributed by atoms with Crippen LogP contribution in [0, 0.1) is 0 Å². The van der Waals surface area contributed by atoms with Gasteiger partial charge in [-0.05, 0) is 19.1 Å². The summed E-state index contributed by atoms with van der Waals surface area (Å²) in [4.78, 5) is 11.2. The monoisotopic (exact) mass is 216 g/mol. The van der Waals surface area contributed by atoms with Crippen LogP contribution in [0.15, 0.2) is 22.8 Å². The summed E-state index contributed by atoms with van der Waals surface area (Å²) in [5.41, 5.74) is 0. The predicted molar refractivity (Wildman–Crippen MR) is 54.4 cm³/mol. The third kappa shape index (κ3) is 3.30. The molecule has 1 atom stereocenters. The Morgan fingerprint density at radius 1 is 1.71 bits per heavy atom. The molecule has 1 unspecified atom stereocenters. The number of amides is 2. The molecule has 0 aromatic carbocycles. The van der Waals surface area contributed by atoms with Crippen LogP contribution < -0.4 is 10.6 Å². The van der Waals surface area contributed by atoms with Crippen LogP contribution in [0.4, 0.5) is 4.79 Å². The molecule has 1 rings (SSSR count). The normalized spacial score (nSPS) is 12.1. The number of carbonyl (C=O) groups is 1. The van der Waals surface area contributed by atoms with Crippen molar-refractivity contribution in [3.63, 3.8) is 0 Å². The molecule has 0 fully saturated rings. The number of urea groups is 1. The summed E-state index contributed by atoms with van der Waals surface area (Å²) >= 11 is 5.42. The summed E-state index contributed by atoms with van der Waals surface area (Å²) in [6.07, 6.45) is 1.57. The highest BCUT2D eigenvalue weighted by Gasteiger charge is 2.10. The molecule has 14 heavy (non-hydrogen) atoms. The molecule has 1 aromatic rings. The molecule has 4 nitrogen and oxygen atoms in total. The van der Waals surface area contributed by atoms with Crippen LogP contribution in [0.25, 0.3) is 0 Å². The molecule has 0 bridgehead atoms. The molecular formula is C9H13ClN2O2. The van der Waals surface area contributed by atoms with Crippen molar-refractivity contribution < 1.29 is 9.21 Å². The smallest absolute Gasteiger partial charge is 0.315 e. The number of rotatable bonds is 4. The van der Waals surface area contributed by atoms with Gasteiger partial charge in [-0.3, -0.25) is 0 Å². The van der Waals surface area contributed by atoms with Gasteiger partial charge in [0.25, 0.3) is 0 Å². The van der Waals surface area contributed by atoms with E-state index in [1.165, 1.54) is 0 Å². The van der Waals surface area contributed by atoms with Crippen molar-refractivity contribution in [3.8, 4) is 0 Å². The molecular weight excluding hydrogens is 204 g/mol. The van der Waals surface area contributed by atoms with Crippen molar-refractivity contribution in [3.05, 3.63) is 24.2 Å². The first-order chi connectivity index (χ1) is 6.74. The van der Waals surface area contributed by atoms with E-state index < -0.39 is 0 Å². The van der Waals surface area contributed by atoms with Gasteiger partial charge in [0.05, 0.1) is 12.3 Å². The van der Waals surface area contributed by atoms with Gasteiger partial charge >= 0.3 is 6.03 Å². The fourth-order valence-corrected chi connectivity index (χ4v) is 1.11. The van der Waals surface area contributed by atoms with Crippen LogP contribution in [0.5, 0.6) is 0 Å². The summed E-state index contributed by atoms with van der Waals surface area (Å²) in [5.74, 6) is 1.13. The molecule has 0 saturated carbocycles. The highest BCUT2D eigenvalue weighted by atomic mass is 35.5. The molecule has 0 saturated heterocycles. The van der Waals surface area contributed by atoms with E-state index in [9.17, 15) is 4.79 Å². The number of carbonyl (C=O) groups excluding carboxylic acids is 1. The molecule has 78 valence electrons. The van der Waals surface area contributed by atoms with Crippen molar-refractivity contribution in [2.45, 2.75) is 13.0 Å². The Morgan fingerprint density at radius 2 is 2.50 bits per heavy atom. The average molecular weight is 217 g/mol. The van der Waals surface area contributed by atoms with Gasteiger partial charge in [0.2, 0.25) is 0 Å². The number of hydrogen-bond donors (Lipinski definition) is 2. The Morgan fingerprint density at radius 3 is 3.07 bits per heavy atom. The maximum Gasteiger partial charge on any atom is 0.315 e. The third-order valence-corrected chi connectivity index (χ3v) is 1.89. The number of halogens is 1. The Kier molecular flexibility index (Phi) is 4.32. The Bertz CT molecular complexity index is 274. The van der Waals surface area contributed by atoms with Gasteiger partial charge in [-0.25, -0.2) is 4.79 Å². The maximum atomic E-state index is 11.2. The fourth-order valence-electron chi connectivity index (χ4n) is 1.02. The predicted octanol–water partition coefficient (Wildman–Crippen LogP) is 1.88. The van der Waals surface area contributed by atoms with Crippen molar-refractivity contribution in [1.82, 2.24) is 10.6 Å². The Labute approximate surface area is 87.6 Å². The zero-order valence-electron chi connectivity index (χ0n) is 7.92. The third-order valence-electron chi connectivity index (χ3n) is 1.70.